The molecule has 0 fully saturated rings. The third kappa shape index (κ3) is 3.84. The molecule has 0 saturated carbocycles. The van der Waals surface area contributed by atoms with Crippen LogP contribution in [0.15, 0.2) is 84.1 Å². The molecule has 146 valence electrons. The summed E-state index contributed by atoms with van der Waals surface area (Å²) in [5.74, 6) is 0.861. The van der Waals surface area contributed by atoms with Crippen molar-refractivity contribution < 1.29 is 0 Å². The van der Waals surface area contributed by atoms with Crippen molar-refractivity contribution in [2.45, 2.75) is 17.7 Å². The quantitative estimate of drug-likeness (QED) is 0.304. The molecule has 0 aliphatic rings. The van der Waals surface area contributed by atoms with Crippen LogP contribution in [0.3, 0.4) is 0 Å². The van der Waals surface area contributed by atoms with E-state index < -0.39 is 0 Å². The van der Waals surface area contributed by atoms with Crippen LogP contribution in [0.25, 0.3) is 31.9 Å². The van der Waals surface area contributed by atoms with E-state index in [9.17, 15) is 0 Å². The van der Waals surface area contributed by atoms with Crippen molar-refractivity contribution in [2.24, 2.45) is 0 Å². The molecular weight excluding hydrogens is 408 g/mol. The van der Waals surface area contributed by atoms with Crippen molar-refractivity contribution in [1.29, 1.82) is 0 Å². The Kier molecular flexibility index (Phi) is 5.26. The van der Waals surface area contributed by atoms with Crippen LogP contribution in [0.2, 0.25) is 0 Å². The maximum Gasteiger partial charge on any atom is 0.125 e. The van der Waals surface area contributed by atoms with E-state index in [0.29, 0.717) is 0 Å². The van der Waals surface area contributed by atoms with Crippen LogP contribution >= 0.6 is 23.1 Å². The van der Waals surface area contributed by atoms with E-state index in [2.05, 4.69) is 57.6 Å². The third-order valence-electron chi connectivity index (χ3n) is 4.83. The highest BCUT2D eigenvalue weighted by atomic mass is 32.2. The number of hydrogen-bond acceptors (Lipinski definition) is 6. The summed E-state index contributed by atoms with van der Waals surface area (Å²) in [7, 11) is 0. The number of thiazole rings is 1. The molecule has 0 unspecified atom stereocenters. The zero-order valence-electron chi connectivity index (χ0n) is 16.3. The highest BCUT2D eigenvalue weighted by Gasteiger charge is 2.13. The van der Waals surface area contributed by atoms with Gasteiger partial charge in [0.1, 0.15) is 15.7 Å². The van der Waals surface area contributed by atoms with Crippen LogP contribution in [-0.2, 0) is 5.75 Å². The van der Waals surface area contributed by atoms with Crippen LogP contribution in [0.1, 0.15) is 11.3 Å². The normalized spacial score (nSPS) is 11.1. The molecule has 4 nitrogen and oxygen atoms in total. The van der Waals surface area contributed by atoms with E-state index in [1.54, 1.807) is 29.3 Å². The van der Waals surface area contributed by atoms with Gasteiger partial charge in [0.05, 0.1) is 10.6 Å². The Hall–Kier alpha value is -3.09. The lowest BCUT2D eigenvalue weighted by Gasteiger charge is -2.06. The largest absolute Gasteiger partial charge is 0.264 e. The fourth-order valence-corrected chi connectivity index (χ4v) is 5.17. The Bertz CT molecular complexity index is 1290. The SMILES string of the molecule is Cc1nc(-c2cccnc2)sc1-c1ccc(SCc2cccc3ccccc23)nn1. The summed E-state index contributed by atoms with van der Waals surface area (Å²) in [6, 6.07) is 22.9. The minimum atomic E-state index is 0.856. The number of benzene rings is 2. The van der Waals surface area contributed by atoms with Gasteiger partial charge in [0.15, 0.2) is 0 Å². The third-order valence-corrected chi connectivity index (χ3v) is 7.03. The first-order valence-corrected chi connectivity index (χ1v) is 11.4. The Morgan fingerprint density at radius 1 is 0.900 bits per heavy atom. The fourth-order valence-electron chi connectivity index (χ4n) is 3.33. The predicted molar refractivity (Wildman–Crippen MR) is 125 cm³/mol. The number of hydrogen-bond donors (Lipinski definition) is 0. The summed E-state index contributed by atoms with van der Waals surface area (Å²) >= 11 is 3.33. The average Bonchev–Trinajstić information content (AvgIpc) is 3.20. The van der Waals surface area contributed by atoms with Gasteiger partial charge in [-0.15, -0.1) is 21.5 Å². The van der Waals surface area contributed by atoms with E-state index >= 15 is 0 Å². The minimum Gasteiger partial charge on any atom is -0.264 e. The second-order valence-electron chi connectivity index (χ2n) is 6.86. The van der Waals surface area contributed by atoms with Crippen LogP contribution in [0, 0.1) is 6.92 Å². The molecule has 5 rings (SSSR count). The van der Waals surface area contributed by atoms with Gasteiger partial charge in [0.2, 0.25) is 0 Å². The monoisotopic (exact) mass is 426 g/mol. The van der Waals surface area contributed by atoms with Crippen molar-refractivity contribution in [3.05, 3.63) is 90.4 Å². The second-order valence-corrected chi connectivity index (χ2v) is 8.85. The smallest absolute Gasteiger partial charge is 0.125 e. The number of fused-ring (bicyclic) bond motifs is 1. The lowest BCUT2D eigenvalue weighted by Crippen LogP contribution is -1.90. The van der Waals surface area contributed by atoms with Gasteiger partial charge >= 0.3 is 0 Å². The molecule has 0 bridgehead atoms. The topological polar surface area (TPSA) is 51.6 Å². The summed E-state index contributed by atoms with van der Waals surface area (Å²) < 4.78 is 0. The summed E-state index contributed by atoms with van der Waals surface area (Å²) in [5.41, 5.74) is 4.15. The van der Waals surface area contributed by atoms with Crippen molar-refractivity contribution >= 4 is 33.9 Å². The first-order valence-electron chi connectivity index (χ1n) is 9.59. The molecule has 0 aliphatic heterocycles. The molecular formula is C24H18N4S2. The molecule has 0 N–H and O–H groups in total. The minimum absolute atomic E-state index is 0.856. The molecule has 6 heteroatoms. The standard InChI is InChI=1S/C24H18N4S2/c1-16-23(30-24(26-16)18-9-5-13-25-14-18)21-11-12-22(28-27-21)29-15-19-8-4-7-17-6-2-3-10-20(17)19/h2-14H,15H2,1H3. The molecule has 2 aromatic carbocycles. The second kappa shape index (κ2) is 8.34. The van der Waals surface area contributed by atoms with Crippen molar-refractivity contribution in [2.75, 3.05) is 0 Å². The van der Waals surface area contributed by atoms with Gasteiger partial charge in [0.25, 0.3) is 0 Å². The van der Waals surface area contributed by atoms with E-state index in [-0.39, 0.29) is 0 Å². The Morgan fingerprint density at radius 3 is 2.63 bits per heavy atom. The van der Waals surface area contributed by atoms with Crippen LogP contribution in [-0.4, -0.2) is 20.2 Å². The summed E-state index contributed by atoms with van der Waals surface area (Å²) in [6.07, 6.45) is 3.60. The number of pyridine rings is 1. The maximum atomic E-state index is 4.69. The highest BCUT2D eigenvalue weighted by Crippen LogP contribution is 2.34. The number of thioether (sulfide) groups is 1. The van der Waals surface area contributed by atoms with Gasteiger partial charge in [-0.2, -0.15) is 0 Å². The molecule has 0 amide bonds. The fraction of sp³-hybridized carbons (Fsp3) is 0.0833. The van der Waals surface area contributed by atoms with Gasteiger partial charge in [-0.05, 0) is 47.5 Å². The van der Waals surface area contributed by atoms with Crippen LogP contribution < -0.4 is 0 Å². The Morgan fingerprint density at radius 2 is 1.80 bits per heavy atom. The Labute approximate surface area is 183 Å². The van der Waals surface area contributed by atoms with E-state index in [4.69, 9.17) is 4.98 Å². The zero-order chi connectivity index (χ0) is 20.3. The van der Waals surface area contributed by atoms with Crippen molar-refractivity contribution in [1.82, 2.24) is 20.2 Å². The van der Waals surface area contributed by atoms with Crippen LogP contribution in [0.4, 0.5) is 0 Å². The molecule has 0 atom stereocenters. The number of aryl methyl sites for hydroxylation is 1. The molecule has 3 aromatic heterocycles. The van der Waals surface area contributed by atoms with Crippen molar-refractivity contribution in [3.63, 3.8) is 0 Å². The summed E-state index contributed by atoms with van der Waals surface area (Å²) in [4.78, 5) is 9.92. The number of aromatic nitrogens is 4. The highest BCUT2D eigenvalue weighted by molar-refractivity contribution is 7.98. The first kappa shape index (κ1) is 18.9. The summed E-state index contributed by atoms with van der Waals surface area (Å²) in [6.45, 7) is 2.01. The predicted octanol–water partition coefficient (Wildman–Crippen LogP) is 6.42. The molecule has 0 saturated heterocycles. The van der Waals surface area contributed by atoms with Crippen molar-refractivity contribution in [3.8, 4) is 21.1 Å². The maximum absolute atomic E-state index is 4.69. The van der Waals surface area contributed by atoms with Gasteiger partial charge < -0.3 is 0 Å². The molecule has 3 heterocycles. The molecule has 0 radical (unpaired) electrons. The first-order chi connectivity index (χ1) is 14.8. The molecule has 0 aliphatic carbocycles. The zero-order valence-corrected chi connectivity index (χ0v) is 18.0. The van der Waals surface area contributed by atoms with Crippen LogP contribution in [0.5, 0.6) is 0 Å². The molecule has 0 spiro atoms. The Balaban J connectivity index is 1.34. The average molecular weight is 427 g/mol. The molecule has 5 aromatic rings. The van der Waals surface area contributed by atoms with Gasteiger partial charge in [0, 0.05) is 23.7 Å². The number of rotatable bonds is 5. The van der Waals surface area contributed by atoms with Gasteiger partial charge in [-0.25, -0.2) is 4.98 Å². The van der Waals surface area contributed by atoms with E-state index in [0.717, 1.165) is 37.6 Å². The molecule has 30 heavy (non-hydrogen) atoms. The van der Waals surface area contributed by atoms with E-state index in [1.807, 2.05) is 37.4 Å². The van der Waals surface area contributed by atoms with Gasteiger partial charge in [-0.3, -0.25) is 4.98 Å². The lowest BCUT2D eigenvalue weighted by atomic mass is 10.1. The van der Waals surface area contributed by atoms with E-state index in [1.165, 1.54) is 16.3 Å². The van der Waals surface area contributed by atoms with Gasteiger partial charge in [-0.1, -0.05) is 54.2 Å². The number of nitrogens with zero attached hydrogens (tertiary/aromatic N) is 4. The lowest BCUT2D eigenvalue weighted by molar-refractivity contribution is 0.936. The summed E-state index contributed by atoms with van der Waals surface area (Å²) in [5, 5.41) is 13.4.